The van der Waals surface area contributed by atoms with Crippen LogP contribution in [0.4, 0.5) is 0 Å². The summed E-state index contributed by atoms with van der Waals surface area (Å²) < 4.78 is 2.44. The molecule has 0 N–H and O–H groups in total. The summed E-state index contributed by atoms with van der Waals surface area (Å²) in [4.78, 5) is 16.5. The van der Waals surface area contributed by atoms with E-state index in [1.807, 2.05) is 12.1 Å². The number of hydrogen-bond donors (Lipinski definition) is 0. The van der Waals surface area contributed by atoms with Gasteiger partial charge in [-0.3, -0.25) is 9.20 Å². The van der Waals surface area contributed by atoms with Crippen LogP contribution in [-0.4, -0.2) is 9.38 Å². The number of rotatable bonds is 1. The lowest BCUT2D eigenvalue weighted by molar-refractivity contribution is 0.411. The number of pyridine rings is 1. The number of fused-ring (bicyclic) bond motifs is 1. The van der Waals surface area contributed by atoms with E-state index in [1.54, 1.807) is 16.7 Å². The summed E-state index contributed by atoms with van der Waals surface area (Å²) in [5.41, 5.74) is 1.67. The largest absolute Gasteiger partial charge is 0.269 e. The third-order valence-electron chi connectivity index (χ3n) is 3.19. The van der Waals surface area contributed by atoms with Gasteiger partial charge in [-0.2, -0.15) is 0 Å². The zero-order chi connectivity index (χ0) is 11.1. The third-order valence-corrected chi connectivity index (χ3v) is 3.81. The van der Waals surface area contributed by atoms with Crippen LogP contribution >= 0.6 is 15.9 Å². The van der Waals surface area contributed by atoms with Gasteiger partial charge in [0.05, 0.1) is 10.2 Å². The Balaban J connectivity index is 2.27. The van der Waals surface area contributed by atoms with Gasteiger partial charge >= 0.3 is 0 Å². The molecule has 0 saturated heterocycles. The molecule has 0 radical (unpaired) electrons. The summed E-state index contributed by atoms with van der Waals surface area (Å²) in [5.74, 6) is 0.491. The maximum atomic E-state index is 11.9. The van der Waals surface area contributed by atoms with Crippen LogP contribution in [-0.2, 0) is 0 Å². The molecule has 4 heteroatoms. The normalized spacial score (nSPS) is 16.3. The summed E-state index contributed by atoms with van der Waals surface area (Å²) in [7, 11) is 0. The van der Waals surface area contributed by atoms with Crippen molar-refractivity contribution >= 4 is 21.6 Å². The van der Waals surface area contributed by atoms with Crippen LogP contribution < -0.4 is 5.56 Å². The predicted octanol–water partition coefficient (Wildman–Crippen LogP) is 2.72. The average Bonchev–Trinajstić information content (AvgIpc) is 2.17. The van der Waals surface area contributed by atoms with Crippen molar-refractivity contribution in [2.45, 2.75) is 25.2 Å². The van der Waals surface area contributed by atoms with Crippen molar-refractivity contribution in [1.82, 2.24) is 9.38 Å². The second kappa shape index (κ2) is 3.70. The van der Waals surface area contributed by atoms with Crippen molar-refractivity contribution in [3.05, 3.63) is 44.9 Å². The molecule has 2 aromatic heterocycles. The Morgan fingerprint density at radius 3 is 2.94 bits per heavy atom. The average molecular weight is 279 g/mol. The standard InChI is InChI=1S/C12H11BrN2O/c13-9-5-2-6-15-11(16)7-10(14-12(9)15)8-3-1-4-8/h2,5-8H,1,3-4H2. The minimum Gasteiger partial charge on any atom is -0.269 e. The van der Waals surface area contributed by atoms with Gasteiger partial charge in [0.2, 0.25) is 0 Å². The van der Waals surface area contributed by atoms with Crippen molar-refractivity contribution in [3.8, 4) is 0 Å². The van der Waals surface area contributed by atoms with E-state index >= 15 is 0 Å². The summed E-state index contributed by atoms with van der Waals surface area (Å²) in [5, 5.41) is 0. The van der Waals surface area contributed by atoms with Gasteiger partial charge in [0, 0.05) is 18.2 Å². The molecular formula is C12H11BrN2O. The lowest BCUT2D eigenvalue weighted by Gasteiger charge is -2.24. The van der Waals surface area contributed by atoms with E-state index < -0.39 is 0 Å². The topological polar surface area (TPSA) is 34.4 Å². The first kappa shape index (κ1) is 10.0. The van der Waals surface area contributed by atoms with Crippen molar-refractivity contribution < 1.29 is 0 Å². The molecule has 0 aliphatic heterocycles. The number of nitrogens with zero attached hydrogens (tertiary/aromatic N) is 2. The second-order valence-corrected chi connectivity index (χ2v) is 5.05. The molecule has 1 aliphatic rings. The van der Waals surface area contributed by atoms with Crippen LogP contribution in [0.25, 0.3) is 5.65 Å². The Hall–Kier alpha value is -1.16. The molecule has 3 rings (SSSR count). The Labute approximate surface area is 101 Å². The highest BCUT2D eigenvalue weighted by atomic mass is 79.9. The zero-order valence-electron chi connectivity index (χ0n) is 8.69. The smallest absolute Gasteiger partial charge is 0.258 e. The van der Waals surface area contributed by atoms with Gasteiger partial charge in [-0.05, 0) is 40.9 Å². The Morgan fingerprint density at radius 2 is 2.25 bits per heavy atom. The van der Waals surface area contributed by atoms with Gasteiger partial charge in [-0.25, -0.2) is 4.98 Å². The molecule has 2 aromatic rings. The minimum absolute atomic E-state index is 0.00759. The van der Waals surface area contributed by atoms with E-state index in [2.05, 4.69) is 20.9 Å². The zero-order valence-corrected chi connectivity index (χ0v) is 10.3. The third kappa shape index (κ3) is 1.48. The first-order valence-electron chi connectivity index (χ1n) is 5.43. The van der Waals surface area contributed by atoms with E-state index in [-0.39, 0.29) is 5.56 Å². The predicted molar refractivity (Wildman–Crippen MR) is 65.8 cm³/mol. The van der Waals surface area contributed by atoms with E-state index in [9.17, 15) is 4.79 Å². The molecular weight excluding hydrogens is 268 g/mol. The van der Waals surface area contributed by atoms with E-state index in [0.29, 0.717) is 5.92 Å². The lowest BCUT2D eigenvalue weighted by Crippen LogP contribution is -2.19. The van der Waals surface area contributed by atoms with Gasteiger partial charge in [0.1, 0.15) is 0 Å². The molecule has 0 spiro atoms. The Bertz CT molecular complexity index is 601. The molecule has 0 aromatic carbocycles. The minimum atomic E-state index is 0.00759. The van der Waals surface area contributed by atoms with Crippen LogP contribution in [0.2, 0.25) is 0 Å². The maximum Gasteiger partial charge on any atom is 0.258 e. The highest BCUT2D eigenvalue weighted by Crippen LogP contribution is 2.35. The Kier molecular flexibility index (Phi) is 2.32. The number of hydrogen-bond acceptors (Lipinski definition) is 2. The van der Waals surface area contributed by atoms with Gasteiger partial charge in [-0.1, -0.05) is 6.42 Å². The molecule has 82 valence electrons. The molecule has 0 amide bonds. The second-order valence-electron chi connectivity index (χ2n) is 4.20. The summed E-state index contributed by atoms with van der Waals surface area (Å²) >= 11 is 3.43. The SMILES string of the molecule is O=c1cc(C2CCC2)nc2c(Br)cccn12. The van der Waals surface area contributed by atoms with Gasteiger partial charge in [0.25, 0.3) is 5.56 Å². The van der Waals surface area contributed by atoms with Crippen LogP contribution in [0.5, 0.6) is 0 Å². The van der Waals surface area contributed by atoms with Crippen molar-refractivity contribution in [2.75, 3.05) is 0 Å². The fourth-order valence-electron chi connectivity index (χ4n) is 2.02. The van der Waals surface area contributed by atoms with E-state index in [0.717, 1.165) is 28.7 Å². The molecule has 0 bridgehead atoms. The number of aromatic nitrogens is 2. The fraction of sp³-hybridized carbons (Fsp3) is 0.333. The fourth-order valence-corrected chi connectivity index (χ4v) is 2.45. The van der Waals surface area contributed by atoms with E-state index in [4.69, 9.17) is 0 Å². The van der Waals surface area contributed by atoms with E-state index in [1.165, 1.54) is 6.42 Å². The van der Waals surface area contributed by atoms with Gasteiger partial charge < -0.3 is 0 Å². The molecule has 0 atom stereocenters. The molecule has 0 unspecified atom stereocenters. The van der Waals surface area contributed by atoms with Crippen LogP contribution in [0.3, 0.4) is 0 Å². The Morgan fingerprint density at radius 1 is 1.44 bits per heavy atom. The van der Waals surface area contributed by atoms with Gasteiger partial charge in [-0.15, -0.1) is 0 Å². The molecule has 16 heavy (non-hydrogen) atoms. The van der Waals surface area contributed by atoms with Crippen LogP contribution in [0.15, 0.2) is 33.7 Å². The lowest BCUT2D eigenvalue weighted by atomic mass is 9.83. The van der Waals surface area contributed by atoms with Crippen molar-refractivity contribution in [1.29, 1.82) is 0 Å². The number of halogens is 1. The molecule has 2 heterocycles. The maximum absolute atomic E-state index is 11.9. The monoisotopic (exact) mass is 278 g/mol. The first-order valence-corrected chi connectivity index (χ1v) is 6.23. The first-order chi connectivity index (χ1) is 7.75. The van der Waals surface area contributed by atoms with Crippen molar-refractivity contribution in [3.63, 3.8) is 0 Å². The molecule has 1 saturated carbocycles. The van der Waals surface area contributed by atoms with Crippen molar-refractivity contribution in [2.24, 2.45) is 0 Å². The van der Waals surface area contributed by atoms with Crippen LogP contribution in [0, 0.1) is 0 Å². The highest BCUT2D eigenvalue weighted by molar-refractivity contribution is 9.10. The quantitative estimate of drug-likeness (QED) is 0.804. The molecule has 1 fully saturated rings. The van der Waals surface area contributed by atoms with Gasteiger partial charge in [0.15, 0.2) is 5.65 Å². The van der Waals surface area contributed by atoms with Crippen LogP contribution in [0.1, 0.15) is 30.9 Å². The summed E-state index contributed by atoms with van der Waals surface area (Å²) in [6.45, 7) is 0. The highest BCUT2D eigenvalue weighted by Gasteiger charge is 2.22. The summed E-state index contributed by atoms with van der Waals surface area (Å²) in [6, 6.07) is 5.42. The summed E-state index contributed by atoms with van der Waals surface area (Å²) in [6.07, 6.45) is 5.32. The molecule has 1 aliphatic carbocycles. The molecule has 3 nitrogen and oxygen atoms in total.